The molecule has 100 valence electrons. The number of rotatable bonds is 6. The summed E-state index contributed by atoms with van der Waals surface area (Å²) in [5.41, 5.74) is 5.91. The molecule has 0 aliphatic heterocycles. The predicted octanol–water partition coefficient (Wildman–Crippen LogP) is 2.10. The first-order chi connectivity index (χ1) is 8.54. The van der Waals surface area contributed by atoms with E-state index in [1.807, 2.05) is 6.92 Å². The smallest absolute Gasteiger partial charge is 0.237 e. The van der Waals surface area contributed by atoms with Crippen molar-refractivity contribution in [3.63, 3.8) is 0 Å². The molecule has 3 N–H and O–H groups in total. The maximum Gasteiger partial charge on any atom is 0.237 e. The first-order valence-electron chi connectivity index (χ1n) is 6.01. The number of benzene rings is 1. The van der Waals surface area contributed by atoms with E-state index in [9.17, 15) is 13.6 Å². The molecular weight excluding hydrogens is 238 g/mol. The lowest BCUT2D eigenvalue weighted by Gasteiger charge is -2.12. The zero-order chi connectivity index (χ0) is 13.5. The van der Waals surface area contributed by atoms with E-state index in [-0.39, 0.29) is 18.0 Å². The van der Waals surface area contributed by atoms with Crippen LogP contribution in [0.5, 0.6) is 0 Å². The zero-order valence-electron chi connectivity index (χ0n) is 10.4. The molecule has 5 heteroatoms. The van der Waals surface area contributed by atoms with Crippen LogP contribution in [0.4, 0.5) is 8.78 Å². The fourth-order valence-electron chi connectivity index (χ4n) is 1.53. The second-order valence-corrected chi connectivity index (χ2v) is 4.20. The summed E-state index contributed by atoms with van der Waals surface area (Å²) in [7, 11) is 0. The van der Waals surface area contributed by atoms with Crippen LogP contribution in [-0.4, -0.2) is 11.9 Å². The molecule has 0 spiro atoms. The molecule has 0 saturated carbocycles. The topological polar surface area (TPSA) is 55.1 Å². The monoisotopic (exact) mass is 256 g/mol. The van der Waals surface area contributed by atoms with Gasteiger partial charge in [-0.25, -0.2) is 8.78 Å². The minimum atomic E-state index is -0.669. The Labute approximate surface area is 105 Å². The van der Waals surface area contributed by atoms with Gasteiger partial charge in [-0.3, -0.25) is 4.79 Å². The number of unbranched alkanes of at least 4 members (excludes halogenated alkanes) is 1. The fraction of sp³-hybridized carbons (Fsp3) is 0.462. The molecule has 0 aliphatic carbocycles. The normalized spacial score (nSPS) is 12.2. The average molecular weight is 256 g/mol. The molecule has 0 radical (unpaired) electrons. The van der Waals surface area contributed by atoms with Gasteiger partial charge in [0, 0.05) is 18.2 Å². The molecule has 0 unspecified atom stereocenters. The lowest BCUT2D eigenvalue weighted by molar-refractivity contribution is -0.122. The number of hydrogen-bond acceptors (Lipinski definition) is 2. The lowest BCUT2D eigenvalue weighted by atomic mass is 10.1. The number of carbonyl (C=O) groups excluding carboxylic acids is 1. The lowest BCUT2D eigenvalue weighted by Crippen LogP contribution is -2.40. The van der Waals surface area contributed by atoms with Crippen molar-refractivity contribution < 1.29 is 13.6 Å². The summed E-state index contributed by atoms with van der Waals surface area (Å²) < 4.78 is 25.9. The second kappa shape index (κ2) is 7.06. The molecule has 0 saturated heterocycles. The summed E-state index contributed by atoms with van der Waals surface area (Å²) in [5.74, 6) is -1.62. The van der Waals surface area contributed by atoms with Gasteiger partial charge in [0.15, 0.2) is 0 Å². The summed E-state index contributed by atoms with van der Waals surface area (Å²) >= 11 is 0. The number of nitrogens with one attached hydrogen (secondary N) is 1. The van der Waals surface area contributed by atoms with Crippen LogP contribution in [0.15, 0.2) is 18.2 Å². The van der Waals surface area contributed by atoms with Gasteiger partial charge < -0.3 is 11.1 Å². The molecule has 0 aromatic heterocycles. The molecule has 1 aromatic rings. The van der Waals surface area contributed by atoms with Crippen molar-refractivity contribution in [2.75, 3.05) is 0 Å². The molecule has 0 bridgehead atoms. The van der Waals surface area contributed by atoms with Gasteiger partial charge in [0.25, 0.3) is 0 Å². The second-order valence-electron chi connectivity index (χ2n) is 4.20. The van der Waals surface area contributed by atoms with Crippen molar-refractivity contribution in [2.45, 2.75) is 38.8 Å². The molecule has 1 atom stereocenters. The largest absolute Gasteiger partial charge is 0.351 e. The highest BCUT2D eigenvalue weighted by molar-refractivity contribution is 5.81. The summed E-state index contributed by atoms with van der Waals surface area (Å²) in [6.07, 6.45) is 2.45. The highest BCUT2D eigenvalue weighted by Gasteiger charge is 2.13. The minimum absolute atomic E-state index is 0.0186. The minimum Gasteiger partial charge on any atom is -0.351 e. The molecule has 1 amide bonds. The Morgan fingerprint density at radius 1 is 1.44 bits per heavy atom. The average Bonchev–Trinajstić information content (AvgIpc) is 2.34. The van der Waals surface area contributed by atoms with Crippen LogP contribution in [0.3, 0.4) is 0 Å². The molecular formula is C13H18F2N2O. The molecule has 0 fully saturated rings. The highest BCUT2D eigenvalue weighted by atomic mass is 19.1. The molecule has 3 nitrogen and oxygen atoms in total. The Balaban J connectivity index is 2.47. The number of amides is 1. The van der Waals surface area contributed by atoms with Crippen molar-refractivity contribution in [1.29, 1.82) is 0 Å². The van der Waals surface area contributed by atoms with E-state index in [2.05, 4.69) is 5.32 Å². The quantitative estimate of drug-likeness (QED) is 0.819. The number of hydrogen-bond donors (Lipinski definition) is 2. The van der Waals surface area contributed by atoms with Crippen LogP contribution >= 0.6 is 0 Å². The Morgan fingerprint density at radius 2 is 2.17 bits per heavy atom. The molecule has 18 heavy (non-hydrogen) atoms. The van der Waals surface area contributed by atoms with E-state index in [0.717, 1.165) is 25.0 Å². The van der Waals surface area contributed by atoms with Gasteiger partial charge in [0.2, 0.25) is 5.91 Å². The highest BCUT2D eigenvalue weighted by Crippen LogP contribution is 2.09. The van der Waals surface area contributed by atoms with E-state index in [1.165, 1.54) is 6.07 Å². The van der Waals surface area contributed by atoms with Gasteiger partial charge in [-0.05, 0) is 12.5 Å². The maximum atomic E-state index is 13.3. The summed E-state index contributed by atoms with van der Waals surface area (Å²) in [6, 6.07) is 2.68. The SMILES string of the molecule is CCCC[C@H](N)C(=O)NCc1ccc(F)cc1F. The molecule has 0 aliphatic rings. The molecule has 0 heterocycles. The van der Waals surface area contributed by atoms with Crippen molar-refractivity contribution in [3.05, 3.63) is 35.4 Å². The van der Waals surface area contributed by atoms with Gasteiger partial charge >= 0.3 is 0 Å². The predicted molar refractivity (Wildman–Crippen MR) is 65.7 cm³/mol. The summed E-state index contributed by atoms with van der Waals surface area (Å²) in [5, 5.41) is 2.54. The first-order valence-corrected chi connectivity index (χ1v) is 6.01. The van der Waals surface area contributed by atoms with Gasteiger partial charge in [0.1, 0.15) is 11.6 Å². The Morgan fingerprint density at radius 3 is 2.78 bits per heavy atom. The third-order valence-corrected chi connectivity index (χ3v) is 2.67. The van der Waals surface area contributed by atoms with Crippen LogP contribution in [0.25, 0.3) is 0 Å². The van der Waals surface area contributed by atoms with E-state index < -0.39 is 17.7 Å². The van der Waals surface area contributed by atoms with Crippen LogP contribution in [-0.2, 0) is 11.3 Å². The Kier molecular flexibility index (Phi) is 5.71. The zero-order valence-corrected chi connectivity index (χ0v) is 10.4. The van der Waals surface area contributed by atoms with E-state index in [1.54, 1.807) is 0 Å². The van der Waals surface area contributed by atoms with Crippen molar-refractivity contribution >= 4 is 5.91 Å². The maximum absolute atomic E-state index is 13.3. The number of carbonyl (C=O) groups is 1. The first kappa shape index (κ1) is 14.6. The molecule has 1 rings (SSSR count). The van der Waals surface area contributed by atoms with E-state index in [4.69, 9.17) is 5.73 Å². The number of nitrogens with two attached hydrogens (primary N) is 1. The third-order valence-electron chi connectivity index (χ3n) is 2.67. The summed E-state index contributed by atoms with van der Waals surface area (Å²) in [4.78, 5) is 11.6. The van der Waals surface area contributed by atoms with Gasteiger partial charge in [0.05, 0.1) is 6.04 Å². The van der Waals surface area contributed by atoms with Crippen LogP contribution in [0.1, 0.15) is 31.7 Å². The molecule has 1 aromatic carbocycles. The fourth-order valence-corrected chi connectivity index (χ4v) is 1.53. The van der Waals surface area contributed by atoms with Gasteiger partial charge in [-0.15, -0.1) is 0 Å². The van der Waals surface area contributed by atoms with E-state index >= 15 is 0 Å². The standard InChI is InChI=1S/C13H18F2N2O/c1-2-3-4-12(16)13(18)17-8-9-5-6-10(14)7-11(9)15/h5-7,12H,2-4,8,16H2,1H3,(H,17,18)/t12-/m0/s1. The van der Waals surface area contributed by atoms with E-state index in [0.29, 0.717) is 6.42 Å². The van der Waals surface area contributed by atoms with Crippen LogP contribution < -0.4 is 11.1 Å². The summed E-state index contributed by atoms with van der Waals surface area (Å²) in [6.45, 7) is 2.03. The Hall–Kier alpha value is -1.49. The van der Waals surface area contributed by atoms with Gasteiger partial charge in [-0.1, -0.05) is 25.8 Å². The number of halogens is 2. The Bertz CT molecular complexity index is 410. The van der Waals surface area contributed by atoms with Crippen molar-refractivity contribution in [1.82, 2.24) is 5.32 Å². The van der Waals surface area contributed by atoms with Crippen molar-refractivity contribution in [2.24, 2.45) is 5.73 Å². The van der Waals surface area contributed by atoms with Crippen LogP contribution in [0.2, 0.25) is 0 Å². The van der Waals surface area contributed by atoms with Crippen molar-refractivity contribution in [3.8, 4) is 0 Å². The van der Waals surface area contributed by atoms with Gasteiger partial charge in [-0.2, -0.15) is 0 Å². The third kappa shape index (κ3) is 4.41. The van der Waals surface area contributed by atoms with Crippen LogP contribution in [0, 0.1) is 11.6 Å².